The number of terminal acetylenes is 2. The van der Waals surface area contributed by atoms with Gasteiger partial charge in [0.05, 0.1) is 41.3 Å². The van der Waals surface area contributed by atoms with E-state index in [0.717, 1.165) is 22.1 Å². The lowest BCUT2D eigenvalue weighted by Crippen LogP contribution is -3.00. The molecule has 26 heavy (non-hydrogen) atoms. The molecule has 0 unspecified atom stereocenters. The Bertz CT molecular complexity index is 354. The summed E-state index contributed by atoms with van der Waals surface area (Å²) in [5, 5.41) is 0. The molecule has 0 aliphatic carbocycles. The van der Waals surface area contributed by atoms with E-state index in [2.05, 4.69) is 40.0 Å². The summed E-state index contributed by atoms with van der Waals surface area (Å²) >= 11 is 0. The Morgan fingerprint density at radius 3 is 0.962 bits per heavy atom. The van der Waals surface area contributed by atoms with Crippen LogP contribution in [0, 0.1) is 24.7 Å². The van der Waals surface area contributed by atoms with Gasteiger partial charge in [0.2, 0.25) is 0 Å². The maximum Gasteiger partial charge on any atom is 0.140 e. The Kier molecular flexibility index (Phi) is 21.7. The van der Waals surface area contributed by atoms with Gasteiger partial charge in [-0.1, -0.05) is 38.5 Å². The van der Waals surface area contributed by atoms with Gasteiger partial charge in [-0.25, -0.2) is 0 Å². The first-order valence-electron chi connectivity index (χ1n) is 9.84. The molecule has 154 valence electrons. The largest absolute Gasteiger partial charge is 1.00 e. The molecular formula is C22H42Br2N2. The molecule has 0 saturated carbocycles. The Hall–Kier alpha value is 0. The van der Waals surface area contributed by atoms with Crippen molar-refractivity contribution >= 4 is 0 Å². The van der Waals surface area contributed by atoms with Crippen LogP contribution in [0.4, 0.5) is 0 Å². The molecule has 0 fully saturated rings. The number of rotatable bonds is 15. The quantitative estimate of drug-likeness (QED) is 0.145. The van der Waals surface area contributed by atoms with Crippen molar-refractivity contribution in [3.63, 3.8) is 0 Å². The highest BCUT2D eigenvalue weighted by Crippen LogP contribution is 2.12. The third-order valence-corrected chi connectivity index (χ3v) is 4.82. The molecule has 2 nitrogen and oxygen atoms in total. The Labute approximate surface area is 185 Å². The van der Waals surface area contributed by atoms with Crippen LogP contribution in [-0.2, 0) is 0 Å². The highest BCUT2D eigenvalue weighted by molar-refractivity contribution is 4.83. The average molecular weight is 494 g/mol. The number of nitrogens with zero attached hydrogens (tertiary/aromatic N) is 2. The maximum absolute atomic E-state index is 5.40. The van der Waals surface area contributed by atoms with Crippen molar-refractivity contribution in [2.24, 2.45) is 0 Å². The molecule has 0 rings (SSSR count). The summed E-state index contributed by atoms with van der Waals surface area (Å²) < 4.78 is 1.93. The third kappa shape index (κ3) is 20.3. The van der Waals surface area contributed by atoms with E-state index in [0.29, 0.717) is 0 Å². The fraction of sp³-hybridized carbons (Fsp3) is 0.818. The zero-order chi connectivity index (χ0) is 18.3. The molecule has 0 aromatic carbocycles. The van der Waals surface area contributed by atoms with Crippen molar-refractivity contribution in [2.75, 3.05) is 54.4 Å². The standard InChI is InChI=1S/C22H42N2.2BrH/c1-7-19-23(3,4)21-17-15-13-11-9-10-12-14-16-18-22-24(5,6)20-8-2;;/h1-2H,9-22H2,3-6H3;2*1H/q+2;;/p-2. The summed E-state index contributed by atoms with van der Waals surface area (Å²) in [7, 11) is 8.91. The second-order valence-corrected chi connectivity index (χ2v) is 8.58. The topological polar surface area (TPSA) is 0 Å². The third-order valence-electron chi connectivity index (χ3n) is 4.82. The van der Waals surface area contributed by atoms with E-state index in [1.54, 1.807) is 0 Å². The fourth-order valence-electron chi connectivity index (χ4n) is 3.15. The fourth-order valence-corrected chi connectivity index (χ4v) is 3.15. The summed E-state index contributed by atoms with van der Waals surface area (Å²) in [5.41, 5.74) is 0. The molecule has 4 heteroatoms. The Balaban J connectivity index is -0.00000264. The van der Waals surface area contributed by atoms with E-state index in [1.165, 1.54) is 77.3 Å². The van der Waals surface area contributed by atoms with Crippen molar-refractivity contribution in [3.05, 3.63) is 0 Å². The van der Waals surface area contributed by atoms with Crippen molar-refractivity contribution in [1.82, 2.24) is 0 Å². The lowest BCUT2D eigenvalue weighted by molar-refractivity contribution is -0.883. The second-order valence-electron chi connectivity index (χ2n) is 8.58. The van der Waals surface area contributed by atoms with E-state index in [9.17, 15) is 0 Å². The Morgan fingerprint density at radius 1 is 0.500 bits per heavy atom. The monoisotopic (exact) mass is 492 g/mol. The minimum absolute atomic E-state index is 0. The molecule has 0 spiro atoms. The highest BCUT2D eigenvalue weighted by atomic mass is 79.9. The van der Waals surface area contributed by atoms with Crippen LogP contribution in [0.25, 0.3) is 0 Å². The second kappa shape index (κ2) is 18.4. The number of halogens is 2. The van der Waals surface area contributed by atoms with Gasteiger partial charge in [0, 0.05) is 0 Å². The lowest BCUT2D eigenvalue weighted by atomic mass is 10.1. The van der Waals surface area contributed by atoms with E-state index in [1.807, 2.05) is 0 Å². The summed E-state index contributed by atoms with van der Waals surface area (Å²) in [6.07, 6.45) is 24.5. The summed E-state index contributed by atoms with van der Waals surface area (Å²) in [4.78, 5) is 0. The molecule has 0 saturated heterocycles. The van der Waals surface area contributed by atoms with Gasteiger partial charge in [-0.3, -0.25) is 0 Å². The zero-order valence-corrected chi connectivity index (χ0v) is 20.9. The van der Waals surface area contributed by atoms with Gasteiger partial charge < -0.3 is 42.9 Å². The molecule has 0 atom stereocenters. The van der Waals surface area contributed by atoms with Gasteiger partial charge in [0.1, 0.15) is 13.1 Å². The van der Waals surface area contributed by atoms with E-state index in [-0.39, 0.29) is 34.0 Å². The number of quaternary nitrogens is 2. The van der Waals surface area contributed by atoms with Crippen LogP contribution in [0.1, 0.15) is 64.2 Å². The maximum atomic E-state index is 5.40. The SMILES string of the molecule is C#CC[N+](C)(C)CCCCCCCCCCCC[N+](C)(C)CC#C.[Br-].[Br-]. The van der Waals surface area contributed by atoms with Crippen LogP contribution in [0.3, 0.4) is 0 Å². The number of hydrogen-bond acceptors (Lipinski definition) is 0. The molecule has 0 bridgehead atoms. The van der Waals surface area contributed by atoms with Gasteiger partial charge in [-0.2, -0.15) is 0 Å². The van der Waals surface area contributed by atoms with Crippen molar-refractivity contribution < 1.29 is 42.9 Å². The van der Waals surface area contributed by atoms with E-state index < -0.39 is 0 Å². The molecule has 0 radical (unpaired) electrons. The molecule has 0 aliphatic rings. The predicted molar refractivity (Wildman–Crippen MR) is 108 cm³/mol. The lowest BCUT2D eigenvalue weighted by Gasteiger charge is -2.27. The first-order chi connectivity index (χ1) is 11.3. The van der Waals surface area contributed by atoms with Gasteiger partial charge in [-0.05, 0) is 37.5 Å². The molecule has 0 amide bonds. The minimum atomic E-state index is 0. The van der Waals surface area contributed by atoms with Gasteiger partial charge in [0.15, 0.2) is 0 Å². The number of hydrogen-bond donors (Lipinski definition) is 0. The molecule has 0 aromatic heterocycles. The van der Waals surface area contributed by atoms with Crippen LogP contribution >= 0.6 is 0 Å². The van der Waals surface area contributed by atoms with Crippen molar-refractivity contribution in [2.45, 2.75) is 64.2 Å². The van der Waals surface area contributed by atoms with E-state index >= 15 is 0 Å². The zero-order valence-electron chi connectivity index (χ0n) is 17.7. The Morgan fingerprint density at radius 2 is 0.731 bits per heavy atom. The van der Waals surface area contributed by atoms with Crippen LogP contribution in [0.2, 0.25) is 0 Å². The van der Waals surface area contributed by atoms with Gasteiger partial charge in [-0.15, -0.1) is 12.8 Å². The van der Waals surface area contributed by atoms with Gasteiger partial charge in [0.25, 0.3) is 0 Å². The smallest absolute Gasteiger partial charge is 0.140 e. The van der Waals surface area contributed by atoms with E-state index in [4.69, 9.17) is 12.8 Å². The van der Waals surface area contributed by atoms with Crippen LogP contribution in [-0.4, -0.2) is 63.3 Å². The molecular weight excluding hydrogens is 452 g/mol. The molecule has 0 heterocycles. The first-order valence-corrected chi connectivity index (χ1v) is 9.84. The summed E-state index contributed by atoms with van der Waals surface area (Å²) in [5.74, 6) is 5.55. The normalized spacial score (nSPS) is 11.0. The molecule has 0 aliphatic heterocycles. The summed E-state index contributed by atoms with van der Waals surface area (Å²) in [6, 6.07) is 0. The van der Waals surface area contributed by atoms with Crippen LogP contribution in [0.15, 0.2) is 0 Å². The van der Waals surface area contributed by atoms with Crippen LogP contribution < -0.4 is 34.0 Å². The number of unbranched alkanes of at least 4 members (excludes halogenated alkanes) is 9. The predicted octanol–water partition coefficient (Wildman–Crippen LogP) is -1.69. The van der Waals surface area contributed by atoms with Crippen molar-refractivity contribution in [1.29, 1.82) is 0 Å². The highest BCUT2D eigenvalue weighted by Gasteiger charge is 2.12. The van der Waals surface area contributed by atoms with Crippen molar-refractivity contribution in [3.8, 4) is 24.7 Å². The first kappa shape index (κ1) is 30.7. The van der Waals surface area contributed by atoms with Crippen LogP contribution in [0.5, 0.6) is 0 Å². The summed E-state index contributed by atoms with van der Waals surface area (Å²) in [6.45, 7) is 4.11. The molecule has 0 N–H and O–H groups in total. The minimum Gasteiger partial charge on any atom is -1.00 e. The van der Waals surface area contributed by atoms with Gasteiger partial charge >= 0.3 is 0 Å². The average Bonchev–Trinajstić information content (AvgIpc) is 2.48. The molecule has 0 aromatic rings.